The zero-order chi connectivity index (χ0) is 24.6. The lowest BCUT2D eigenvalue weighted by molar-refractivity contribution is -0.152. The molecule has 0 saturated heterocycles. The first-order chi connectivity index (χ1) is 16.9. The molecule has 1 aliphatic rings. The van der Waals surface area contributed by atoms with Crippen LogP contribution in [0, 0.1) is 0 Å². The van der Waals surface area contributed by atoms with E-state index < -0.39 is 17.5 Å². The molecular formula is C25H22N6O4. The fourth-order valence-corrected chi connectivity index (χ4v) is 4.36. The van der Waals surface area contributed by atoms with Crippen molar-refractivity contribution in [1.82, 2.24) is 19.5 Å². The normalized spacial score (nSPS) is 19.1. The second-order valence-electron chi connectivity index (χ2n) is 8.43. The summed E-state index contributed by atoms with van der Waals surface area (Å²) in [4.78, 5) is 51.4. The Morgan fingerprint density at radius 2 is 1.91 bits per heavy atom. The van der Waals surface area contributed by atoms with Gasteiger partial charge in [0.1, 0.15) is 5.69 Å². The number of benzene rings is 1. The monoisotopic (exact) mass is 470 g/mol. The van der Waals surface area contributed by atoms with Gasteiger partial charge in [-0.15, -0.1) is 0 Å². The predicted molar refractivity (Wildman–Crippen MR) is 127 cm³/mol. The summed E-state index contributed by atoms with van der Waals surface area (Å²) in [5, 5.41) is 1.76. The lowest BCUT2D eigenvalue weighted by Gasteiger charge is -2.44. The quantitative estimate of drug-likeness (QED) is 0.428. The van der Waals surface area contributed by atoms with Gasteiger partial charge in [0.05, 0.1) is 12.0 Å². The fraction of sp³-hybridized carbons (Fsp3) is 0.200. The van der Waals surface area contributed by atoms with E-state index in [2.05, 4.69) is 15.0 Å². The molecule has 2 N–H and O–H groups in total. The molecular weight excluding hydrogens is 448 g/mol. The minimum atomic E-state index is -1.42. The Bertz CT molecular complexity index is 1420. The number of anilines is 2. The van der Waals surface area contributed by atoms with Crippen LogP contribution in [0.3, 0.4) is 0 Å². The van der Waals surface area contributed by atoms with E-state index in [-0.39, 0.29) is 30.5 Å². The van der Waals surface area contributed by atoms with Crippen LogP contribution in [0.25, 0.3) is 10.8 Å². The summed E-state index contributed by atoms with van der Waals surface area (Å²) in [6.45, 7) is 1.47. The molecule has 10 nitrogen and oxygen atoms in total. The van der Waals surface area contributed by atoms with Crippen LogP contribution in [0.4, 0.5) is 11.5 Å². The Balaban J connectivity index is 1.38. The predicted octanol–water partition coefficient (Wildman–Crippen LogP) is 2.93. The number of hydrogen-bond acceptors (Lipinski definition) is 7. The van der Waals surface area contributed by atoms with Gasteiger partial charge in [0.2, 0.25) is 5.91 Å². The van der Waals surface area contributed by atoms with Gasteiger partial charge >= 0.3 is 5.97 Å². The van der Waals surface area contributed by atoms with Crippen LogP contribution in [0.1, 0.15) is 36.3 Å². The first-order valence-corrected chi connectivity index (χ1v) is 11.0. The number of rotatable bonds is 6. The highest BCUT2D eigenvalue weighted by molar-refractivity contribution is 6.06. The molecule has 1 saturated carbocycles. The molecule has 0 unspecified atom stereocenters. The van der Waals surface area contributed by atoms with Crippen LogP contribution in [0.2, 0.25) is 0 Å². The molecule has 3 aromatic heterocycles. The third-order valence-corrected chi connectivity index (χ3v) is 6.19. The molecule has 1 aromatic carbocycles. The number of ether oxygens (including phenoxy) is 1. The Kier molecular flexibility index (Phi) is 5.48. The fourth-order valence-electron chi connectivity index (χ4n) is 4.36. The highest BCUT2D eigenvalue weighted by atomic mass is 16.6. The van der Waals surface area contributed by atoms with Gasteiger partial charge in [-0.05, 0) is 24.3 Å². The largest absolute Gasteiger partial charge is 0.444 e. The van der Waals surface area contributed by atoms with Crippen LogP contribution in [0.15, 0.2) is 73.6 Å². The van der Waals surface area contributed by atoms with Crippen molar-refractivity contribution in [3.63, 3.8) is 0 Å². The molecule has 0 bridgehead atoms. The van der Waals surface area contributed by atoms with Crippen molar-refractivity contribution in [3.8, 4) is 0 Å². The van der Waals surface area contributed by atoms with E-state index in [1.807, 2.05) is 24.3 Å². The first-order valence-electron chi connectivity index (χ1n) is 11.0. The first kappa shape index (κ1) is 22.2. The number of imidazole rings is 1. The van der Waals surface area contributed by atoms with Crippen LogP contribution in [-0.4, -0.2) is 42.9 Å². The number of hydrogen-bond donors (Lipinski definition) is 1. The maximum atomic E-state index is 12.6. The van der Waals surface area contributed by atoms with Crippen LogP contribution >= 0.6 is 0 Å². The van der Waals surface area contributed by atoms with Crippen molar-refractivity contribution >= 4 is 40.1 Å². The van der Waals surface area contributed by atoms with E-state index in [1.54, 1.807) is 41.6 Å². The van der Waals surface area contributed by atoms with Crippen molar-refractivity contribution in [2.75, 3.05) is 4.90 Å². The number of carbonyl (C=O) groups is 3. The van der Waals surface area contributed by atoms with Crippen LogP contribution < -0.4 is 10.6 Å². The zero-order valence-corrected chi connectivity index (χ0v) is 18.9. The minimum Gasteiger partial charge on any atom is -0.444 e. The Morgan fingerprint density at radius 1 is 1.09 bits per heavy atom. The minimum absolute atomic E-state index is 0.101. The number of carbonyl (C=O) groups excluding carboxylic acids is 3. The highest BCUT2D eigenvalue weighted by Gasteiger charge is 2.53. The number of nitrogens with zero attached hydrogens (tertiary/aromatic N) is 5. The number of pyridine rings is 2. The molecule has 5 rings (SSSR count). The number of amides is 2. The highest BCUT2D eigenvalue weighted by Crippen LogP contribution is 2.45. The third-order valence-electron chi connectivity index (χ3n) is 6.19. The number of fused-ring (bicyclic) bond motifs is 1. The van der Waals surface area contributed by atoms with Crippen LogP contribution in [0.5, 0.6) is 0 Å². The van der Waals surface area contributed by atoms with Crippen LogP contribution in [-0.2, 0) is 14.3 Å². The van der Waals surface area contributed by atoms with E-state index in [9.17, 15) is 14.4 Å². The summed E-state index contributed by atoms with van der Waals surface area (Å²) in [5.41, 5.74) is 4.97. The van der Waals surface area contributed by atoms with Crippen molar-refractivity contribution in [2.24, 2.45) is 5.73 Å². The van der Waals surface area contributed by atoms with E-state index in [4.69, 9.17) is 10.5 Å². The molecule has 4 aromatic rings. The molecule has 0 aliphatic heterocycles. The van der Waals surface area contributed by atoms with E-state index in [1.165, 1.54) is 24.1 Å². The van der Waals surface area contributed by atoms with Gasteiger partial charge in [-0.2, -0.15) is 0 Å². The maximum Gasteiger partial charge on any atom is 0.357 e. The summed E-state index contributed by atoms with van der Waals surface area (Å²) in [6, 6.07) is 12.1. The Hall–Kier alpha value is -4.60. The molecule has 10 heteroatoms. The van der Waals surface area contributed by atoms with Gasteiger partial charge in [0, 0.05) is 61.4 Å². The summed E-state index contributed by atoms with van der Waals surface area (Å²) in [5.74, 6) is -1.19. The molecule has 0 radical (unpaired) electrons. The van der Waals surface area contributed by atoms with E-state index in [0.29, 0.717) is 11.5 Å². The maximum absolute atomic E-state index is 12.6. The van der Waals surface area contributed by atoms with Gasteiger partial charge in [0.15, 0.2) is 11.4 Å². The topological polar surface area (TPSA) is 133 Å². The summed E-state index contributed by atoms with van der Waals surface area (Å²) >= 11 is 0. The molecule has 3 heterocycles. The Morgan fingerprint density at radius 3 is 2.63 bits per heavy atom. The molecule has 0 atom stereocenters. The van der Waals surface area contributed by atoms with Crippen molar-refractivity contribution in [3.05, 3.63) is 79.3 Å². The lowest BCUT2D eigenvalue weighted by Crippen LogP contribution is -2.57. The molecule has 0 spiro atoms. The summed E-state index contributed by atoms with van der Waals surface area (Å²) < 4.78 is 7.30. The summed E-state index contributed by atoms with van der Waals surface area (Å²) in [7, 11) is 0. The molecule has 2 amide bonds. The van der Waals surface area contributed by atoms with Gasteiger partial charge in [0.25, 0.3) is 5.91 Å². The van der Waals surface area contributed by atoms with Crippen molar-refractivity contribution < 1.29 is 19.1 Å². The number of nitrogens with two attached hydrogens (primary N) is 1. The second-order valence-corrected chi connectivity index (χ2v) is 8.43. The molecule has 35 heavy (non-hydrogen) atoms. The molecule has 176 valence electrons. The standard InChI is InChI=1S/C25H22N6O4/c1-16(32)31(21-7-4-5-17-13-27-10-8-19(17)21)22-14-30(15-29-22)18-11-25(12-18,24(26)34)35-23(33)20-6-2-3-9-28-20/h2-10,13-15,18H,11-12H2,1H3,(H2,26,34). The molecule has 1 fully saturated rings. The average molecular weight is 470 g/mol. The average Bonchev–Trinajstić information content (AvgIpc) is 3.30. The second kappa shape index (κ2) is 8.64. The van der Waals surface area contributed by atoms with Gasteiger partial charge in [-0.3, -0.25) is 19.5 Å². The van der Waals surface area contributed by atoms with Crippen molar-refractivity contribution in [2.45, 2.75) is 31.4 Å². The zero-order valence-electron chi connectivity index (χ0n) is 18.9. The number of primary amides is 1. The molecule has 1 aliphatic carbocycles. The van der Waals surface area contributed by atoms with Gasteiger partial charge in [-0.1, -0.05) is 18.2 Å². The lowest BCUT2D eigenvalue weighted by atomic mass is 9.74. The SMILES string of the molecule is CC(=O)N(c1cn(C2CC(OC(=O)c3ccccn3)(C(N)=O)C2)cn1)c1cccc2cnccc12. The van der Waals surface area contributed by atoms with E-state index >= 15 is 0 Å². The van der Waals surface area contributed by atoms with Gasteiger partial charge in [-0.25, -0.2) is 14.8 Å². The van der Waals surface area contributed by atoms with Gasteiger partial charge < -0.3 is 15.0 Å². The van der Waals surface area contributed by atoms with Crippen molar-refractivity contribution in [1.29, 1.82) is 0 Å². The number of esters is 1. The smallest absolute Gasteiger partial charge is 0.357 e. The third kappa shape index (κ3) is 3.99. The van der Waals surface area contributed by atoms with E-state index in [0.717, 1.165) is 10.8 Å². The summed E-state index contributed by atoms with van der Waals surface area (Å²) in [6.07, 6.45) is 8.59. The number of aromatic nitrogens is 4. The Labute approximate surface area is 200 Å².